The van der Waals surface area contributed by atoms with Crippen molar-refractivity contribution in [3.63, 3.8) is 0 Å². The smallest absolute Gasteiger partial charge is 0.141 e. The molecule has 108 valence electrons. The number of benzene rings is 1. The van der Waals surface area contributed by atoms with Crippen LogP contribution in [-0.4, -0.2) is 9.96 Å². The molecule has 1 unspecified atom stereocenters. The highest BCUT2D eigenvalue weighted by molar-refractivity contribution is 7.85. The number of nitrogens with two attached hydrogens (primary N) is 1. The molecule has 0 aliphatic carbocycles. The van der Waals surface area contributed by atoms with Crippen LogP contribution in [0.15, 0.2) is 23.1 Å². The highest BCUT2D eigenvalue weighted by Crippen LogP contribution is 2.17. The largest absolute Gasteiger partial charge is 0.399 e. The average Bonchev–Trinajstić information content (AvgIpc) is 2.37. The van der Waals surface area contributed by atoms with Crippen LogP contribution in [0, 0.1) is 5.82 Å². The Kier molecular flexibility index (Phi) is 7.72. The quantitative estimate of drug-likeness (QED) is 0.544. The van der Waals surface area contributed by atoms with Crippen molar-refractivity contribution < 1.29 is 8.60 Å². The van der Waals surface area contributed by atoms with Gasteiger partial charge in [0.05, 0.1) is 15.7 Å². The molecule has 0 spiro atoms. The zero-order chi connectivity index (χ0) is 14.1. The van der Waals surface area contributed by atoms with Crippen molar-refractivity contribution in [1.82, 2.24) is 0 Å². The number of rotatable bonds is 9. The third kappa shape index (κ3) is 6.19. The van der Waals surface area contributed by atoms with Gasteiger partial charge in [0.1, 0.15) is 5.82 Å². The molecule has 0 aliphatic rings. The van der Waals surface area contributed by atoms with E-state index in [1.165, 1.54) is 44.2 Å². The van der Waals surface area contributed by atoms with Crippen LogP contribution in [0.3, 0.4) is 0 Å². The molecule has 1 aromatic rings. The molecular weight excluding hydrogens is 261 g/mol. The summed E-state index contributed by atoms with van der Waals surface area (Å²) in [5.74, 6) is 0.0792. The van der Waals surface area contributed by atoms with E-state index in [0.29, 0.717) is 11.4 Å². The fourth-order valence-electron chi connectivity index (χ4n) is 2.00. The van der Waals surface area contributed by atoms with Crippen LogP contribution in [0.1, 0.15) is 51.9 Å². The lowest BCUT2D eigenvalue weighted by Crippen LogP contribution is -2.01. The third-order valence-corrected chi connectivity index (χ3v) is 4.62. The standard InChI is InChI=1S/C15H24FNOS/c1-2-3-4-5-6-7-8-11-19(18)15-10-9-13(17)12-14(15)16/h9-10,12H,2-8,11,17H2,1H3. The van der Waals surface area contributed by atoms with Crippen LogP contribution in [0.4, 0.5) is 10.1 Å². The SMILES string of the molecule is CCCCCCCCCS(=O)c1ccc(N)cc1F. The molecule has 1 rings (SSSR count). The first-order valence-corrected chi connectivity index (χ1v) is 8.40. The first-order valence-electron chi connectivity index (χ1n) is 7.08. The summed E-state index contributed by atoms with van der Waals surface area (Å²) in [7, 11) is -1.24. The van der Waals surface area contributed by atoms with E-state index in [2.05, 4.69) is 6.92 Å². The van der Waals surface area contributed by atoms with Gasteiger partial charge in [-0.05, 0) is 24.6 Å². The topological polar surface area (TPSA) is 43.1 Å². The summed E-state index contributed by atoms with van der Waals surface area (Å²) in [6.07, 6.45) is 8.22. The minimum atomic E-state index is -1.24. The Morgan fingerprint density at radius 1 is 1.11 bits per heavy atom. The van der Waals surface area contributed by atoms with Crippen LogP contribution in [0.2, 0.25) is 0 Å². The van der Waals surface area contributed by atoms with Gasteiger partial charge in [-0.2, -0.15) is 0 Å². The van der Waals surface area contributed by atoms with Crippen molar-refractivity contribution in [1.29, 1.82) is 0 Å². The molecule has 19 heavy (non-hydrogen) atoms. The lowest BCUT2D eigenvalue weighted by molar-refractivity contribution is 0.590. The normalized spacial score (nSPS) is 12.5. The summed E-state index contributed by atoms with van der Waals surface area (Å²) in [6, 6.07) is 4.36. The van der Waals surface area contributed by atoms with Crippen LogP contribution >= 0.6 is 0 Å². The van der Waals surface area contributed by atoms with Crippen molar-refractivity contribution in [3.05, 3.63) is 24.0 Å². The molecule has 0 heterocycles. The summed E-state index contributed by atoms with van der Waals surface area (Å²) in [5, 5.41) is 0. The van der Waals surface area contributed by atoms with E-state index < -0.39 is 16.6 Å². The number of hydrogen-bond acceptors (Lipinski definition) is 2. The molecule has 2 N–H and O–H groups in total. The lowest BCUT2D eigenvalue weighted by atomic mass is 10.1. The van der Waals surface area contributed by atoms with Gasteiger partial charge in [0.2, 0.25) is 0 Å². The Labute approximate surface area is 118 Å². The van der Waals surface area contributed by atoms with E-state index >= 15 is 0 Å². The highest BCUT2D eigenvalue weighted by Gasteiger charge is 2.09. The average molecular weight is 285 g/mol. The number of hydrogen-bond donors (Lipinski definition) is 1. The molecule has 0 saturated heterocycles. The molecule has 0 fully saturated rings. The molecule has 1 aromatic carbocycles. The van der Waals surface area contributed by atoms with Gasteiger partial charge in [-0.3, -0.25) is 4.21 Å². The Hall–Kier alpha value is -0.900. The minimum Gasteiger partial charge on any atom is -0.399 e. The molecule has 0 aliphatic heterocycles. The maximum Gasteiger partial charge on any atom is 0.141 e. The van der Waals surface area contributed by atoms with E-state index in [4.69, 9.17) is 5.73 Å². The minimum absolute atomic E-state index is 0.278. The van der Waals surface area contributed by atoms with Gasteiger partial charge < -0.3 is 5.73 Å². The van der Waals surface area contributed by atoms with Crippen molar-refractivity contribution >= 4 is 16.5 Å². The third-order valence-electron chi connectivity index (χ3n) is 3.13. The molecule has 1 atom stereocenters. The summed E-state index contributed by atoms with van der Waals surface area (Å²) in [5.41, 5.74) is 5.84. The van der Waals surface area contributed by atoms with Crippen molar-refractivity contribution in [2.75, 3.05) is 11.5 Å². The maximum absolute atomic E-state index is 13.5. The fourth-order valence-corrected chi connectivity index (χ4v) is 3.18. The first-order chi connectivity index (χ1) is 9.15. The van der Waals surface area contributed by atoms with Crippen molar-refractivity contribution in [2.24, 2.45) is 0 Å². The molecule has 0 aromatic heterocycles. The number of halogens is 1. The van der Waals surface area contributed by atoms with Crippen molar-refractivity contribution in [3.8, 4) is 0 Å². The second kappa shape index (κ2) is 9.08. The van der Waals surface area contributed by atoms with Crippen LogP contribution in [0.25, 0.3) is 0 Å². The highest BCUT2D eigenvalue weighted by atomic mass is 32.2. The van der Waals surface area contributed by atoms with Gasteiger partial charge in [0.25, 0.3) is 0 Å². The Bertz CT molecular complexity index is 409. The van der Waals surface area contributed by atoms with E-state index in [0.717, 1.165) is 12.8 Å². The van der Waals surface area contributed by atoms with Crippen LogP contribution in [0.5, 0.6) is 0 Å². The van der Waals surface area contributed by atoms with Gasteiger partial charge in [-0.1, -0.05) is 45.4 Å². The summed E-state index contributed by atoms with van der Waals surface area (Å²) < 4.78 is 25.5. The summed E-state index contributed by atoms with van der Waals surface area (Å²) in [6.45, 7) is 2.20. The second-order valence-electron chi connectivity index (χ2n) is 4.86. The Morgan fingerprint density at radius 3 is 2.37 bits per heavy atom. The second-order valence-corrected chi connectivity index (χ2v) is 6.40. The van der Waals surface area contributed by atoms with Crippen LogP contribution < -0.4 is 5.73 Å². The Morgan fingerprint density at radius 2 is 1.74 bits per heavy atom. The summed E-state index contributed by atoms with van der Waals surface area (Å²) >= 11 is 0. The molecule has 2 nitrogen and oxygen atoms in total. The molecule has 0 bridgehead atoms. The lowest BCUT2D eigenvalue weighted by Gasteiger charge is -2.05. The fraction of sp³-hybridized carbons (Fsp3) is 0.600. The zero-order valence-corrected chi connectivity index (χ0v) is 12.5. The van der Waals surface area contributed by atoms with Crippen LogP contribution in [-0.2, 0) is 10.8 Å². The molecule has 0 saturated carbocycles. The molecule has 0 amide bonds. The predicted octanol–water partition coefficient (Wildman–Crippen LogP) is 4.27. The van der Waals surface area contributed by atoms with Gasteiger partial charge >= 0.3 is 0 Å². The van der Waals surface area contributed by atoms with Gasteiger partial charge in [0.15, 0.2) is 0 Å². The van der Waals surface area contributed by atoms with Gasteiger partial charge in [-0.25, -0.2) is 4.39 Å². The maximum atomic E-state index is 13.5. The molecule has 0 radical (unpaired) electrons. The van der Waals surface area contributed by atoms with Crippen molar-refractivity contribution in [2.45, 2.75) is 56.8 Å². The first kappa shape index (κ1) is 16.2. The van der Waals surface area contributed by atoms with E-state index in [1.54, 1.807) is 6.07 Å². The number of unbranched alkanes of at least 4 members (excludes halogenated alkanes) is 6. The molecular formula is C15H24FNOS. The van der Waals surface area contributed by atoms with Gasteiger partial charge in [-0.15, -0.1) is 0 Å². The van der Waals surface area contributed by atoms with E-state index in [-0.39, 0.29) is 4.90 Å². The number of nitrogen functional groups attached to an aromatic ring is 1. The predicted molar refractivity (Wildman–Crippen MR) is 80.1 cm³/mol. The van der Waals surface area contributed by atoms with E-state index in [1.807, 2.05) is 0 Å². The van der Waals surface area contributed by atoms with Gasteiger partial charge in [0, 0.05) is 11.4 Å². The molecule has 4 heteroatoms. The Balaban J connectivity index is 2.24. The summed E-state index contributed by atoms with van der Waals surface area (Å²) in [4.78, 5) is 0.278. The number of anilines is 1. The van der Waals surface area contributed by atoms with E-state index in [9.17, 15) is 8.60 Å². The zero-order valence-electron chi connectivity index (χ0n) is 11.7. The monoisotopic (exact) mass is 285 g/mol.